The maximum atomic E-state index is 12.2. The van der Waals surface area contributed by atoms with Gasteiger partial charge in [0.05, 0.1) is 11.8 Å². The number of hydrogen-bond donors (Lipinski definition) is 2. The summed E-state index contributed by atoms with van der Waals surface area (Å²) in [5, 5.41) is 12.9. The molecule has 5 heteroatoms. The monoisotopic (exact) mass is 283 g/mol. The fourth-order valence-corrected chi connectivity index (χ4v) is 3.77. The summed E-state index contributed by atoms with van der Waals surface area (Å²) in [5.41, 5.74) is 0. The Kier molecular flexibility index (Phi) is 4.91. The molecular weight excluding hydrogens is 262 g/mol. The van der Waals surface area contributed by atoms with Gasteiger partial charge in [0.1, 0.15) is 0 Å². The first-order chi connectivity index (χ1) is 9.11. The largest absolute Gasteiger partial charge is 0.481 e. The van der Waals surface area contributed by atoms with E-state index in [1.165, 1.54) is 0 Å². The first kappa shape index (κ1) is 14.4. The molecule has 4 atom stereocenters. The number of carboxylic acids is 1. The molecule has 1 fully saturated rings. The Labute approximate surface area is 118 Å². The van der Waals surface area contributed by atoms with Crippen molar-refractivity contribution in [2.45, 2.75) is 43.4 Å². The van der Waals surface area contributed by atoms with Crippen LogP contribution >= 0.6 is 11.8 Å². The third-order valence-electron chi connectivity index (χ3n) is 4.15. The van der Waals surface area contributed by atoms with E-state index in [4.69, 9.17) is 0 Å². The summed E-state index contributed by atoms with van der Waals surface area (Å²) in [5.74, 6) is -1.92. The van der Waals surface area contributed by atoms with E-state index < -0.39 is 17.8 Å². The van der Waals surface area contributed by atoms with E-state index in [0.29, 0.717) is 18.1 Å². The molecule has 2 aliphatic carbocycles. The lowest BCUT2D eigenvalue weighted by molar-refractivity contribution is -0.147. The molecule has 0 aromatic heterocycles. The summed E-state index contributed by atoms with van der Waals surface area (Å²) in [6.07, 6.45) is 10.0. The number of thioether (sulfide) groups is 1. The molecule has 0 saturated heterocycles. The minimum absolute atomic E-state index is 0.0801. The highest BCUT2D eigenvalue weighted by atomic mass is 32.2. The molecule has 4 nitrogen and oxygen atoms in total. The molecule has 0 aromatic carbocycles. The smallest absolute Gasteiger partial charge is 0.307 e. The molecule has 2 aliphatic rings. The van der Waals surface area contributed by atoms with Crippen molar-refractivity contribution in [1.82, 2.24) is 5.32 Å². The number of hydrogen-bond acceptors (Lipinski definition) is 3. The first-order valence-corrected chi connectivity index (χ1v) is 8.11. The molecule has 106 valence electrons. The van der Waals surface area contributed by atoms with Crippen LogP contribution in [0.2, 0.25) is 0 Å². The third kappa shape index (κ3) is 3.53. The molecule has 2 N–H and O–H groups in total. The number of amides is 1. The van der Waals surface area contributed by atoms with Crippen LogP contribution in [0.4, 0.5) is 0 Å². The van der Waals surface area contributed by atoms with Crippen molar-refractivity contribution in [3.63, 3.8) is 0 Å². The zero-order valence-electron chi connectivity index (χ0n) is 11.2. The molecule has 0 heterocycles. The zero-order chi connectivity index (χ0) is 13.8. The highest BCUT2D eigenvalue weighted by Crippen LogP contribution is 2.30. The van der Waals surface area contributed by atoms with Gasteiger partial charge < -0.3 is 10.4 Å². The Bertz CT molecular complexity index is 383. The number of carboxylic acid groups (broad SMARTS) is 1. The molecule has 0 spiro atoms. The number of aliphatic carboxylic acids is 1. The van der Waals surface area contributed by atoms with Crippen molar-refractivity contribution in [1.29, 1.82) is 0 Å². The third-order valence-corrected chi connectivity index (χ3v) is 5.25. The van der Waals surface area contributed by atoms with Gasteiger partial charge in [-0.25, -0.2) is 0 Å². The van der Waals surface area contributed by atoms with Crippen molar-refractivity contribution in [3.05, 3.63) is 12.2 Å². The summed E-state index contributed by atoms with van der Waals surface area (Å²) in [6.45, 7) is 0. The van der Waals surface area contributed by atoms with Crippen molar-refractivity contribution in [2.75, 3.05) is 6.26 Å². The maximum absolute atomic E-state index is 12.2. The Hall–Kier alpha value is -0.970. The molecule has 2 rings (SSSR count). The van der Waals surface area contributed by atoms with Crippen LogP contribution in [0.3, 0.4) is 0 Å². The Morgan fingerprint density at radius 2 is 1.89 bits per heavy atom. The van der Waals surface area contributed by atoms with Crippen molar-refractivity contribution < 1.29 is 14.7 Å². The first-order valence-electron chi connectivity index (χ1n) is 6.82. The van der Waals surface area contributed by atoms with E-state index >= 15 is 0 Å². The molecular formula is C14H21NO3S. The second kappa shape index (κ2) is 6.46. The number of carbonyl (C=O) groups excluding carboxylic acids is 1. The summed E-state index contributed by atoms with van der Waals surface area (Å²) < 4.78 is 0. The highest BCUT2D eigenvalue weighted by molar-refractivity contribution is 7.99. The van der Waals surface area contributed by atoms with Crippen LogP contribution in [-0.4, -0.2) is 34.5 Å². The second-order valence-electron chi connectivity index (χ2n) is 5.37. The normalized spacial score (nSPS) is 34.2. The highest BCUT2D eigenvalue weighted by Gasteiger charge is 2.35. The van der Waals surface area contributed by atoms with Crippen molar-refractivity contribution in [3.8, 4) is 0 Å². The van der Waals surface area contributed by atoms with Crippen LogP contribution in [0, 0.1) is 11.8 Å². The topological polar surface area (TPSA) is 66.4 Å². The minimum atomic E-state index is -0.863. The summed E-state index contributed by atoms with van der Waals surface area (Å²) >= 11 is 1.85. The number of rotatable bonds is 4. The number of nitrogens with one attached hydrogen (secondary N) is 1. The summed E-state index contributed by atoms with van der Waals surface area (Å²) in [6, 6.07) is 0.227. The molecule has 0 bridgehead atoms. The maximum Gasteiger partial charge on any atom is 0.307 e. The molecule has 4 unspecified atom stereocenters. The van der Waals surface area contributed by atoms with Crippen LogP contribution in [0.5, 0.6) is 0 Å². The van der Waals surface area contributed by atoms with Gasteiger partial charge in [0.2, 0.25) is 5.91 Å². The van der Waals surface area contributed by atoms with Gasteiger partial charge in [0, 0.05) is 11.3 Å². The average molecular weight is 283 g/mol. The predicted octanol–water partition coefficient (Wildman–Crippen LogP) is 2.05. The zero-order valence-corrected chi connectivity index (χ0v) is 12.0. The summed E-state index contributed by atoms with van der Waals surface area (Å²) in [7, 11) is 0. The van der Waals surface area contributed by atoms with Gasteiger partial charge in [-0.3, -0.25) is 9.59 Å². The second-order valence-corrected chi connectivity index (χ2v) is 6.51. The van der Waals surface area contributed by atoms with E-state index in [9.17, 15) is 14.7 Å². The van der Waals surface area contributed by atoms with Crippen molar-refractivity contribution in [2.24, 2.45) is 11.8 Å². The van der Waals surface area contributed by atoms with Gasteiger partial charge in [-0.05, 0) is 38.4 Å². The summed E-state index contributed by atoms with van der Waals surface area (Å²) in [4.78, 5) is 23.4. The number of carbonyl (C=O) groups is 2. The molecule has 0 radical (unpaired) electrons. The van der Waals surface area contributed by atoms with Crippen LogP contribution < -0.4 is 5.32 Å². The van der Waals surface area contributed by atoms with Gasteiger partial charge in [-0.1, -0.05) is 12.2 Å². The van der Waals surface area contributed by atoms with Crippen LogP contribution in [0.1, 0.15) is 32.1 Å². The van der Waals surface area contributed by atoms with Crippen LogP contribution in [-0.2, 0) is 9.59 Å². The van der Waals surface area contributed by atoms with E-state index in [1.807, 2.05) is 23.9 Å². The standard InChI is InChI=1S/C14H21NO3S/c1-19-10-7-6-9(8-10)15-13(16)11-4-2-3-5-12(11)14(17)18/h2-3,9-12H,4-8H2,1H3,(H,15,16)(H,17,18). The van der Waals surface area contributed by atoms with Gasteiger partial charge in [-0.15, -0.1) is 0 Å². The Morgan fingerprint density at radius 1 is 1.21 bits per heavy atom. The van der Waals surface area contributed by atoms with Crippen LogP contribution in [0.15, 0.2) is 12.2 Å². The van der Waals surface area contributed by atoms with E-state index in [2.05, 4.69) is 11.6 Å². The lowest BCUT2D eigenvalue weighted by Crippen LogP contribution is -2.42. The van der Waals surface area contributed by atoms with Gasteiger partial charge >= 0.3 is 5.97 Å². The lowest BCUT2D eigenvalue weighted by Gasteiger charge is -2.25. The average Bonchev–Trinajstić information content (AvgIpc) is 2.86. The molecule has 1 amide bonds. The minimum Gasteiger partial charge on any atom is -0.481 e. The van der Waals surface area contributed by atoms with E-state index in [0.717, 1.165) is 19.3 Å². The molecule has 0 aromatic rings. The Balaban J connectivity index is 1.92. The van der Waals surface area contributed by atoms with Gasteiger partial charge in [-0.2, -0.15) is 11.8 Å². The SMILES string of the molecule is CSC1CCC(NC(=O)C2CC=CCC2C(=O)O)C1. The van der Waals surface area contributed by atoms with E-state index in [1.54, 1.807) is 0 Å². The number of allylic oxidation sites excluding steroid dienone is 2. The predicted molar refractivity (Wildman–Crippen MR) is 76.1 cm³/mol. The fraction of sp³-hybridized carbons (Fsp3) is 0.714. The fourth-order valence-electron chi connectivity index (χ4n) is 2.97. The molecule has 0 aliphatic heterocycles. The Morgan fingerprint density at radius 3 is 2.47 bits per heavy atom. The van der Waals surface area contributed by atoms with Gasteiger partial charge in [0.15, 0.2) is 0 Å². The molecule has 1 saturated carbocycles. The molecule has 19 heavy (non-hydrogen) atoms. The van der Waals surface area contributed by atoms with Gasteiger partial charge in [0.25, 0.3) is 0 Å². The van der Waals surface area contributed by atoms with Crippen LogP contribution in [0.25, 0.3) is 0 Å². The quantitative estimate of drug-likeness (QED) is 0.775. The van der Waals surface area contributed by atoms with Crippen molar-refractivity contribution >= 4 is 23.6 Å². The lowest BCUT2D eigenvalue weighted by atomic mass is 9.82. The van der Waals surface area contributed by atoms with E-state index in [-0.39, 0.29) is 11.9 Å².